The molecule has 0 aliphatic heterocycles. The average Bonchev–Trinajstić information content (AvgIpc) is 2.31. The van der Waals surface area contributed by atoms with Crippen molar-refractivity contribution in [3.63, 3.8) is 0 Å². The molecule has 19 heavy (non-hydrogen) atoms. The van der Waals surface area contributed by atoms with Gasteiger partial charge in [0.1, 0.15) is 10.7 Å². The highest BCUT2D eigenvalue weighted by Crippen LogP contribution is 2.22. The van der Waals surface area contributed by atoms with Crippen LogP contribution in [0.5, 0.6) is 0 Å². The Morgan fingerprint density at radius 3 is 2.63 bits per heavy atom. The number of aliphatic carboxylic acids is 1. The molecule has 8 heteroatoms. The van der Waals surface area contributed by atoms with Gasteiger partial charge in [-0.2, -0.15) is 4.31 Å². The molecule has 1 aromatic rings. The van der Waals surface area contributed by atoms with Crippen molar-refractivity contribution in [2.45, 2.75) is 11.8 Å². The Kier molecular flexibility index (Phi) is 4.89. The lowest BCUT2D eigenvalue weighted by molar-refractivity contribution is -0.141. The van der Waals surface area contributed by atoms with Crippen LogP contribution in [0.3, 0.4) is 0 Å². The van der Waals surface area contributed by atoms with Gasteiger partial charge >= 0.3 is 5.97 Å². The fraction of sp³-hybridized carbons (Fsp3) is 0.364. The van der Waals surface area contributed by atoms with Crippen LogP contribution in [0.25, 0.3) is 0 Å². The topological polar surface area (TPSA) is 74.7 Å². The fourth-order valence-corrected chi connectivity index (χ4v) is 2.99. The van der Waals surface area contributed by atoms with Gasteiger partial charge in [0, 0.05) is 18.6 Å². The number of carboxylic acid groups (broad SMARTS) is 1. The molecule has 106 valence electrons. The molecule has 0 bridgehead atoms. The molecular weight excluding hydrogens is 297 g/mol. The van der Waals surface area contributed by atoms with Gasteiger partial charge in [0.25, 0.3) is 0 Å². The average molecular weight is 310 g/mol. The second-order valence-electron chi connectivity index (χ2n) is 4.10. The Balaban J connectivity index is 3.10. The summed E-state index contributed by atoms with van der Waals surface area (Å²) in [6.07, 6.45) is 0. The molecule has 0 aliphatic rings. The van der Waals surface area contributed by atoms with Crippen molar-refractivity contribution in [2.75, 3.05) is 13.6 Å². The maximum Gasteiger partial charge on any atom is 0.307 e. The smallest absolute Gasteiger partial charge is 0.307 e. The van der Waals surface area contributed by atoms with Crippen molar-refractivity contribution in [3.05, 3.63) is 29.0 Å². The summed E-state index contributed by atoms with van der Waals surface area (Å²) in [5, 5.41) is 8.83. The Morgan fingerprint density at radius 1 is 1.53 bits per heavy atom. The highest BCUT2D eigenvalue weighted by molar-refractivity contribution is 7.89. The van der Waals surface area contributed by atoms with Crippen LogP contribution in [0.1, 0.15) is 6.92 Å². The number of hydrogen-bond acceptors (Lipinski definition) is 3. The van der Waals surface area contributed by atoms with Gasteiger partial charge in [0.2, 0.25) is 10.0 Å². The number of benzene rings is 1. The Hall–Kier alpha value is -1.18. The van der Waals surface area contributed by atoms with Crippen LogP contribution in [-0.2, 0) is 14.8 Å². The van der Waals surface area contributed by atoms with Crippen LogP contribution in [-0.4, -0.2) is 37.4 Å². The molecule has 5 nitrogen and oxygen atoms in total. The number of sulfonamides is 1. The van der Waals surface area contributed by atoms with E-state index in [1.807, 2.05) is 0 Å². The first-order valence-corrected chi connectivity index (χ1v) is 7.12. The van der Waals surface area contributed by atoms with Gasteiger partial charge in [-0.3, -0.25) is 4.79 Å². The third-order valence-electron chi connectivity index (χ3n) is 2.53. The van der Waals surface area contributed by atoms with Crippen LogP contribution < -0.4 is 0 Å². The Morgan fingerprint density at radius 2 is 2.11 bits per heavy atom. The molecule has 1 atom stereocenters. The van der Waals surface area contributed by atoms with Gasteiger partial charge in [0.15, 0.2) is 0 Å². The molecule has 0 saturated carbocycles. The van der Waals surface area contributed by atoms with Gasteiger partial charge < -0.3 is 5.11 Å². The van der Waals surface area contributed by atoms with Crippen molar-refractivity contribution in [3.8, 4) is 0 Å². The van der Waals surface area contributed by atoms with Gasteiger partial charge in [-0.1, -0.05) is 18.5 Å². The van der Waals surface area contributed by atoms with Crippen LogP contribution in [0.15, 0.2) is 23.1 Å². The standard InChI is InChI=1S/C11H13ClFNO4S/c1-7(11(15)16)6-14(2)19(17,18)10-5-8(12)3-4-9(10)13/h3-5,7H,6H2,1-2H3,(H,15,16). The maximum atomic E-state index is 13.5. The zero-order valence-electron chi connectivity index (χ0n) is 10.3. The van der Waals surface area contributed by atoms with E-state index in [9.17, 15) is 17.6 Å². The number of nitrogens with zero attached hydrogens (tertiary/aromatic N) is 1. The number of halogens is 2. The number of rotatable bonds is 5. The highest BCUT2D eigenvalue weighted by atomic mass is 35.5. The molecule has 0 heterocycles. The normalized spacial score (nSPS) is 13.5. The van der Waals surface area contributed by atoms with E-state index in [0.29, 0.717) is 0 Å². The van der Waals surface area contributed by atoms with E-state index in [-0.39, 0.29) is 11.6 Å². The third-order valence-corrected chi connectivity index (χ3v) is 4.61. The molecule has 0 amide bonds. The Labute approximate surface area is 115 Å². The van der Waals surface area contributed by atoms with E-state index >= 15 is 0 Å². The first kappa shape index (κ1) is 15.9. The zero-order valence-corrected chi connectivity index (χ0v) is 11.9. The van der Waals surface area contributed by atoms with Crippen molar-refractivity contribution >= 4 is 27.6 Å². The molecule has 1 N–H and O–H groups in total. The molecule has 0 aliphatic carbocycles. The summed E-state index contributed by atoms with van der Waals surface area (Å²) in [5.41, 5.74) is 0. The van der Waals surface area contributed by atoms with E-state index in [1.54, 1.807) is 0 Å². The largest absolute Gasteiger partial charge is 0.481 e. The SMILES string of the molecule is CC(CN(C)S(=O)(=O)c1cc(Cl)ccc1F)C(=O)O. The van der Waals surface area contributed by atoms with Gasteiger partial charge in [-0.15, -0.1) is 0 Å². The second-order valence-corrected chi connectivity index (χ2v) is 6.55. The number of hydrogen-bond donors (Lipinski definition) is 1. The first-order valence-electron chi connectivity index (χ1n) is 5.30. The lowest BCUT2D eigenvalue weighted by atomic mass is 10.2. The highest BCUT2D eigenvalue weighted by Gasteiger charge is 2.27. The lowest BCUT2D eigenvalue weighted by Crippen LogP contribution is -2.34. The van der Waals surface area contributed by atoms with Crippen molar-refractivity contribution in [1.82, 2.24) is 4.31 Å². The predicted molar refractivity (Wildman–Crippen MR) is 68.0 cm³/mol. The van der Waals surface area contributed by atoms with E-state index in [2.05, 4.69) is 0 Å². The number of carboxylic acids is 1. The maximum absolute atomic E-state index is 13.5. The summed E-state index contributed by atoms with van der Waals surface area (Å²) < 4.78 is 38.5. The van der Waals surface area contributed by atoms with E-state index in [4.69, 9.17) is 16.7 Å². The second kappa shape index (κ2) is 5.85. The van der Waals surface area contributed by atoms with Gasteiger partial charge in [0.05, 0.1) is 5.92 Å². The minimum Gasteiger partial charge on any atom is -0.481 e. The van der Waals surface area contributed by atoms with E-state index in [0.717, 1.165) is 16.4 Å². The van der Waals surface area contributed by atoms with Crippen molar-refractivity contribution in [1.29, 1.82) is 0 Å². The molecule has 1 aromatic carbocycles. The zero-order chi connectivity index (χ0) is 14.8. The fourth-order valence-electron chi connectivity index (χ4n) is 1.40. The summed E-state index contributed by atoms with van der Waals surface area (Å²) in [6.45, 7) is 1.10. The minimum atomic E-state index is -4.11. The minimum absolute atomic E-state index is 0.0830. The monoisotopic (exact) mass is 309 g/mol. The molecule has 1 unspecified atom stereocenters. The molecule has 0 fully saturated rings. The summed E-state index contributed by atoms with van der Waals surface area (Å²) in [6, 6.07) is 3.17. The van der Waals surface area contributed by atoms with Crippen molar-refractivity contribution < 1.29 is 22.7 Å². The van der Waals surface area contributed by atoms with Gasteiger partial charge in [-0.05, 0) is 18.2 Å². The summed E-state index contributed by atoms with van der Waals surface area (Å²) in [4.78, 5) is 10.1. The van der Waals surface area contributed by atoms with Crippen LogP contribution >= 0.6 is 11.6 Å². The molecule has 0 radical (unpaired) electrons. The third kappa shape index (κ3) is 3.65. The van der Waals surface area contributed by atoms with E-state index < -0.39 is 32.6 Å². The predicted octanol–water partition coefficient (Wildman–Crippen LogP) is 1.82. The quantitative estimate of drug-likeness (QED) is 0.900. The summed E-state index contributed by atoms with van der Waals surface area (Å²) >= 11 is 5.64. The molecule has 0 saturated heterocycles. The van der Waals surface area contributed by atoms with E-state index in [1.165, 1.54) is 20.0 Å². The molecule has 0 aromatic heterocycles. The summed E-state index contributed by atoms with van der Waals surface area (Å²) in [5.74, 6) is -2.96. The van der Waals surface area contributed by atoms with Crippen LogP contribution in [0.2, 0.25) is 5.02 Å². The molecule has 0 spiro atoms. The van der Waals surface area contributed by atoms with Crippen LogP contribution in [0.4, 0.5) is 4.39 Å². The number of carbonyl (C=O) groups is 1. The van der Waals surface area contributed by atoms with Gasteiger partial charge in [-0.25, -0.2) is 12.8 Å². The Bertz CT molecular complexity index is 590. The molecule has 1 rings (SSSR count). The summed E-state index contributed by atoms with van der Waals surface area (Å²) in [7, 11) is -2.92. The first-order chi connectivity index (χ1) is 8.66. The molecular formula is C11H13ClFNO4S. The lowest BCUT2D eigenvalue weighted by Gasteiger charge is -2.19. The van der Waals surface area contributed by atoms with Crippen molar-refractivity contribution in [2.24, 2.45) is 5.92 Å². The van der Waals surface area contributed by atoms with Crippen LogP contribution in [0, 0.1) is 11.7 Å².